The smallest absolute Gasteiger partial charge is 0.289 e. The second-order valence-electron chi connectivity index (χ2n) is 4.45. The molecule has 5 nitrogen and oxygen atoms in total. The van der Waals surface area contributed by atoms with Crippen molar-refractivity contribution in [1.82, 2.24) is 0 Å². The summed E-state index contributed by atoms with van der Waals surface area (Å²) < 4.78 is 5.66. The maximum atomic E-state index is 10.7. The van der Waals surface area contributed by atoms with E-state index < -0.39 is 4.92 Å². The summed E-state index contributed by atoms with van der Waals surface area (Å²) in [6, 6.07) is 4.70. The average Bonchev–Trinajstić information content (AvgIpc) is 2.74. The van der Waals surface area contributed by atoms with Crippen molar-refractivity contribution in [2.24, 2.45) is 0 Å². The van der Waals surface area contributed by atoms with Crippen LogP contribution in [0.3, 0.4) is 0 Å². The zero-order valence-electron chi connectivity index (χ0n) is 10.1. The second-order valence-corrected chi connectivity index (χ2v) is 4.86. The minimum atomic E-state index is -0.484. The summed E-state index contributed by atoms with van der Waals surface area (Å²) in [5.41, 5.74) is 0.608. The molecule has 2 atom stereocenters. The van der Waals surface area contributed by atoms with E-state index in [4.69, 9.17) is 16.3 Å². The number of halogens is 1. The largest absolute Gasteiger partial charge is 0.382 e. The lowest BCUT2D eigenvalue weighted by Gasteiger charge is -2.13. The minimum Gasteiger partial charge on any atom is -0.382 e. The summed E-state index contributed by atoms with van der Waals surface area (Å²) in [5, 5.41) is 14.0. The summed E-state index contributed by atoms with van der Waals surface area (Å²) in [6.07, 6.45) is 2.56. The zero-order chi connectivity index (χ0) is 13.1. The van der Waals surface area contributed by atoms with Gasteiger partial charge in [0.2, 0.25) is 0 Å². The molecule has 2 unspecified atom stereocenters. The van der Waals surface area contributed by atoms with Gasteiger partial charge in [-0.25, -0.2) is 0 Å². The molecule has 1 aliphatic heterocycles. The van der Waals surface area contributed by atoms with Crippen molar-refractivity contribution >= 4 is 23.0 Å². The molecule has 1 N–H and O–H groups in total. The summed E-state index contributed by atoms with van der Waals surface area (Å²) in [5.74, 6) is 0. The fourth-order valence-corrected chi connectivity index (χ4v) is 2.22. The predicted octanol–water partition coefficient (Wildman–Crippen LogP) is 3.23. The van der Waals surface area contributed by atoms with Gasteiger partial charge in [0.1, 0.15) is 5.02 Å². The first-order chi connectivity index (χ1) is 8.56. The monoisotopic (exact) mass is 270 g/mol. The van der Waals surface area contributed by atoms with Crippen molar-refractivity contribution in [2.75, 3.05) is 11.9 Å². The molecule has 0 saturated carbocycles. The normalized spacial score (nSPS) is 23.0. The molecule has 1 fully saturated rings. The van der Waals surface area contributed by atoms with Crippen LogP contribution < -0.4 is 5.32 Å². The van der Waals surface area contributed by atoms with Crippen molar-refractivity contribution in [1.29, 1.82) is 0 Å². The number of hydrogen-bond donors (Lipinski definition) is 1. The predicted molar refractivity (Wildman–Crippen MR) is 70.2 cm³/mol. The highest BCUT2D eigenvalue weighted by Crippen LogP contribution is 2.27. The first-order valence-corrected chi connectivity index (χ1v) is 6.27. The molecule has 1 aromatic carbocycles. The Balaban J connectivity index is 1.97. The zero-order valence-corrected chi connectivity index (χ0v) is 10.8. The molecular formula is C12H15ClN2O3. The van der Waals surface area contributed by atoms with Crippen LogP contribution in [0.15, 0.2) is 18.2 Å². The summed E-state index contributed by atoms with van der Waals surface area (Å²) >= 11 is 5.74. The number of nitro groups is 1. The van der Waals surface area contributed by atoms with E-state index in [1.54, 1.807) is 6.07 Å². The number of anilines is 1. The van der Waals surface area contributed by atoms with E-state index >= 15 is 0 Å². The van der Waals surface area contributed by atoms with Crippen LogP contribution in [0.25, 0.3) is 0 Å². The molecule has 6 heteroatoms. The van der Waals surface area contributed by atoms with Crippen LogP contribution in [0.1, 0.15) is 19.8 Å². The summed E-state index contributed by atoms with van der Waals surface area (Å²) in [6.45, 7) is 2.70. The first kappa shape index (κ1) is 13.1. The molecule has 0 radical (unpaired) electrons. The molecule has 2 rings (SSSR count). The molecule has 0 aliphatic carbocycles. The molecule has 0 bridgehead atoms. The van der Waals surface area contributed by atoms with Gasteiger partial charge in [0.25, 0.3) is 5.69 Å². The van der Waals surface area contributed by atoms with Crippen LogP contribution in [0.4, 0.5) is 11.4 Å². The Morgan fingerprint density at radius 3 is 2.94 bits per heavy atom. The number of hydrogen-bond acceptors (Lipinski definition) is 4. The van der Waals surface area contributed by atoms with Gasteiger partial charge in [0, 0.05) is 18.3 Å². The van der Waals surface area contributed by atoms with E-state index in [0.29, 0.717) is 18.3 Å². The van der Waals surface area contributed by atoms with Crippen LogP contribution >= 0.6 is 11.6 Å². The van der Waals surface area contributed by atoms with Gasteiger partial charge in [0.05, 0.1) is 17.1 Å². The third-order valence-electron chi connectivity index (χ3n) is 3.00. The Labute approximate surface area is 110 Å². The van der Waals surface area contributed by atoms with Crippen molar-refractivity contribution in [3.8, 4) is 0 Å². The van der Waals surface area contributed by atoms with Crippen LogP contribution in [-0.4, -0.2) is 23.7 Å². The Morgan fingerprint density at radius 1 is 1.56 bits per heavy atom. The molecular weight excluding hydrogens is 256 g/mol. The van der Waals surface area contributed by atoms with Crippen molar-refractivity contribution < 1.29 is 9.66 Å². The van der Waals surface area contributed by atoms with Crippen LogP contribution in [-0.2, 0) is 4.74 Å². The lowest BCUT2D eigenvalue weighted by atomic mass is 10.2. The van der Waals surface area contributed by atoms with Gasteiger partial charge >= 0.3 is 0 Å². The third kappa shape index (κ3) is 3.11. The van der Waals surface area contributed by atoms with Gasteiger partial charge in [-0.1, -0.05) is 11.6 Å². The van der Waals surface area contributed by atoms with Gasteiger partial charge in [-0.15, -0.1) is 0 Å². The molecule has 1 aliphatic rings. The fourth-order valence-electron chi connectivity index (χ4n) is 2.03. The van der Waals surface area contributed by atoms with Crippen LogP contribution in [0.5, 0.6) is 0 Å². The summed E-state index contributed by atoms with van der Waals surface area (Å²) in [4.78, 5) is 10.3. The van der Waals surface area contributed by atoms with E-state index in [9.17, 15) is 10.1 Å². The van der Waals surface area contributed by atoms with E-state index in [1.165, 1.54) is 12.1 Å². The maximum Gasteiger partial charge on any atom is 0.289 e. The number of nitrogens with zero attached hydrogens (tertiary/aromatic N) is 1. The van der Waals surface area contributed by atoms with E-state index in [-0.39, 0.29) is 16.8 Å². The number of rotatable bonds is 4. The summed E-state index contributed by atoms with van der Waals surface area (Å²) in [7, 11) is 0. The Kier molecular flexibility index (Phi) is 4.04. The van der Waals surface area contributed by atoms with Crippen molar-refractivity contribution in [3.05, 3.63) is 33.3 Å². The van der Waals surface area contributed by atoms with Gasteiger partial charge in [0.15, 0.2) is 0 Å². The van der Waals surface area contributed by atoms with Gasteiger partial charge in [-0.2, -0.15) is 0 Å². The van der Waals surface area contributed by atoms with Crippen molar-refractivity contribution in [2.45, 2.75) is 32.0 Å². The maximum absolute atomic E-state index is 10.7. The van der Waals surface area contributed by atoms with E-state index in [1.807, 2.05) is 6.92 Å². The molecule has 1 heterocycles. The minimum absolute atomic E-state index is 0.0811. The Bertz CT molecular complexity index is 453. The molecule has 1 aromatic rings. The van der Waals surface area contributed by atoms with Crippen LogP contribution in [0, 0.1) is 10.1 Å². The second kappa shape index (κ2) is 5.54. The molecule has 0 spiro atoms. The Hall–Kier alpha value is -1.33. The quantitative estimate of drug-likeness (QED) is 0.674. The topological polar surface area (TPSA) is 64.4 Å². The highest BCUT2D eigenvalue weighted by molar-refractivity contribution is 6.32. The van der Waals surface area contributed by atoms with Crippen molar-refractivity contribution in [3.63, 3.8) is 0 Å². The van der Waals surface area contributed by atoms with Gasteiger partial charge < -0.3 is 10.1 Å². The first-order valence-electron chi connectivity index (χ1n) is 5.89. The number of ether oxygens (including phenoxy) is 1. The molecule has 18 heavy (non-hydrogen) atoms. The Morgan fingerprint density at radius 2 is 2.33 bits per heavy atom. The number of nitrogens with one attached hydrogen (secondary N) is 1. The molecule has 98 valence electrons. The van der Waals surface area contributed by atoms with E-state index in [0.717, 1.165) is 12.8 Å². The number of benzene rings is 1. The lowest BCUT2D eigenvalue weighted by Crippen LogP contribution is -2.19. The molecule has 0 amide bonds. The SMILES string of the molecule is CC1CCC(CNc2ccc(Cl)c([N+](=O)[O-])c2)O1. The fraction of sp³-hybridized carbons (Fsp3) is 0.500. The standard InChI is InChI=1S/C12H15ClN2O3/c1-8-2-4-10(18-8)7-14-9-3-5-11(13)12(6-9)15(16)17/h3,5-6,8,10,14H,2,4,7H2,1H3. The molecule has 0 aromatic heterocycles. The average molecular weight is 271 g/mol. The van der Waals surface area contributed by atoms with Gasteiger partial charge in [-0.3, -0.25) is 10.1 Å². The highest BCUT2D eigenvalue weighted by Gasteiger charge is 2.21. The van der Waals surface area contributed by atoms with E-state index in [2.05, 4.69) is 5.32 Å². The lowest BCUT2D eigenvalue weighted by molar-refractivity contribution is -0.384. The molecule has 1 saturated heterocycles. The van der Waals surface area contributed by atoms with Gasteiger partial charge in [-0.05, 0) is 31.9 Å². The highest BCUT2D eigenvalue weighted by atomic mass is 35.5. The number of nitro benzene ring substituents is 1. The third-order valence-corrected chi connectivity index (χ3v) is 3.32. The van der Waals surface area contributed by atoms with Crippen LogP contribution in [0.2, 0.25) is 5.02 Å².